The number of nitrogens with zero attached hydrogens (tertiary/aromatic N) is 1. The van der Waals surface area contributed by atoms with Crippen LogP contribution in [0.3, 0.4) is 0 Å². The standard InChI is InChI=1S/C13H17Cl2N5/c14-10-4-3-9(7-11(10)15)8-18-12(16)19-13(17)20-5-1-2-6-20/h3-4,7H,1-2,5-6,8H2,(H4,16,17,18,19). The average molecular weight is 314 g/mol. The Morgan fingerprint density at radius 2 is 1.85 bits per heavy atom. The van der Waals surface area contributed by atoms with E-state index in [0.29, 0.717) is 16.6 Å². The summed E-state index contributed by atoms with van der Waals surface area (Å²) in [7, 11) is 0. The summed E-state index contributed by atoms with van der Waals surface area (Å²) in [6.07, 6.45) is 2.21. The number of benzene rings is 1. The first-order valence-electron chi connectivity index (χ1n) is 6.43. The van der Waals surface area contributed by atoms with Crippen LogP contribution in [0.15, 0.2) is 18.2 Å². The highest BCUT2D eigenvalue weighted by molar-refractivity contribution is 6.42. The molecule has 0 bridgehead atoms. The Bertz CT molecular complexity index is 511. The lowest BCUT2D eigenvalue weighted by Gasteiger charge is -2.20. The van der Waals surface area contributed by atoms with E-state index in [9.17, 15) is 0 Å². The first kappa shape index (κ1) is 14.9. The van der Waals surface area contributed by atoms with Gasteiger partial charge in [0.25, 0.3) is 0 Å². The van der Waals surface area contributed by atoms with Crippen molar-refractivity contribution >= 4 is 35.1 Å². The molecule has 108 valence electrons. The molecule has 4 N–H and O–H groups in total. The minimum absolute atomic E-state index is 0.105. The second kappa shape index (κ2) is 6.81. The average Bonchev–Trinajstić information content (AvgIpc) is 2.94. The van der Waals surface area contributed by atoms with Crippen LogP contribution in [0.2, 0.25) is 10.0 Å². The third kappa shape index (κ3) is 4.02. The van der Waals surface area contributed by atoms with Gasteiger partial charge < -0.3 is 10.2 Å². The van der Waals surface area contributed by atoms with Crippen LogP contribution in [0.4, 0.5) is 0 Å². The number of likely N-dealkylation sites (tertiary alicyclic amines) is 1. The first-order chi connectivity index (χ1) is 9.56. The molecule has 1 aliphatic heterocycles. The Hall–Kier alpha value is -1.46. The Morgan fingerprint density at radius 3 is 2.50 bits per heavy atom. The molecule has 0 saturated carbocycles. The van der Waals surface area contributed by atoms with Crippen molar-refractivity contribution in [2.45, 2.75) is 19.4 Å². The number of nitrogens with one attached hydrogen (secondary N) is 4. The minimum Gasteiger partial charge on any atom is -0.352 e. The van der Waals surface area contributed by atoms with E-state index in [-0.39, 0.29) is 11.9 Å². The summed E-state index contributed by atoms with van der Waals surface area (Å²) in [4.78, 5) is 1.93. The summed E-state index contributed by atoms with van der Waals surface area (Å²) in [5, 5.41) is 22.3. The maximum absolute atomic E-state index is 7.86. The van der Waals surface area contributed by atoms with Crippen molar-refractivity contribution in [2.75, 3.05) is 13.1 Å². The zero-order valence-corrected chi connectivity index (χ0v) is 12.5. The number of hydrogen-bond donors (Lipinski definition) is 4. The molecule has 0 aliphatic carbocycles. The van der Waals surface area contributed by atoms with Gasteiger partial charge in [0.15, 0.2) is 11.9 Å². The Balaban J connectivity index is 1.79. The van der Waals surface area contributed by atoms with Crippen LogP contribution >= 0.6 is 23.2 Å². The lowest BCUT2D eigenvalue weighted by molar-refractivity contribution is 0.501. The fourth-order valence-electron chi connectivity index (χ4n) is 2.02. The molecule has 0 amide bonds. The van der Waals surface area contributed by atoms with Gasteiger partial charge in [-0.1, -0.05) is 29.3 Å². The lowest BCUT2D eigenvalue weighted by atomic mass is 10.2. The van der Waals surface area contributed by atoms with Gasteiger partial charge in [0.2, 0.25) is 0 Å². The molecule has 1 saturated heterocycles. The smallest absolute Gasteiger partial charge is 0.197 e. The minimum atomic E-state index is 0.105. The van der Waals surface area contributed by atoms with Crippen LogP contribution in [-0.2, 0) is 6.54 Å². The van der Waals surface area contributed by atoms with E-state index in [2.05, 4.69) is 10.6 Å². The van der Waals surface area contributed by atoms with Gasteiger partial charge >= 0.3 is 0 Å². The summed E-state index contributed by atoms with van der Waals surface area (Å²) in [6, 6.07) is 5.33. The number of hydrogen-bond acceptors (Lipinski definition) is 2. The molecule has 1 fully saturated rings. The summed E-state index contributed by atoms with van der Waals surface area (Å²) < 4.78 is 0. The highest BCUT2D eigenvalue weighted by Crippen LogP contribution is 2.22. The lowest BCUT2D eigenvalue weighted by Crippen LogP contribution is -2.46. The van der Waals surface area contributed by atoms with E-state index in [1.54, 1.807) is 12.1 Å². The first-order valence-corrected chi connectivity index (χ1v) is 7.19. The van der Waals surface area contributed by atoms with Gasteiger partial charge in [-0.05, 0) is 30.5 Å². The van der Waals surface area contributed by atoms with Crippen molar-refractivity contribution in [3.05, 3.63) is 33.8 Å². The normalized spacial score (nSPS) is 14.2. The van der Waals surface area contributed by atoms with E-state index in [1.165, 1.54) is 0 Å². The van der Waals surface area contributed by atoms with Crippen LogP contribution in [-0.4, -0.2) is 29.9 Å². The van der Waals surface area contributed by atoms with E-state index in [0.717, 1.165) is 31.5 Å². The summed E-state index contributed by atoms with van der Waals surface area (Å²) in [6.45, 7) is 2.22. The van der Waals surface area contributed by atoms with Gasteiger partial charge in [-0.25, -0.2) is 0 Å². The van der Waals surface area contributed by atoms with E-state index in [1.807, 2.05) is 11.0 Å². The van der Waals surface area contributed by atoms with Crippen LogP contribution in [0.5, 0.6) is 0 Å². The Kier molecular flexibility index (Phi) is 5.09. The SMILES string of the molecule is N=C(NCc1ccc(Cl)c(Cl)c1)NC(=N)N1CCCC1. The predicted octanol–water partition coefficient (Wildman–Crippen LogP) is 2.64. The van der Waals surface area contributed by atoms with Crippen LogP contribution in [0, 0.1) is 10.8 Å². The van der Waals surface area contributed by atoms with Crippen LogP contribution in [0.1, 0.15) is 18.4 Å². The van der Waals surface area contributed by atoms with E-state index >= 15 is 0 Å². The third-order valence-corrected chi connectivity index (χ3v) is 3.86. The maximum atomic E-state index is 7.86. The fourth-order valence-corrected chi connectivity index (χ4v) is 2.34. The predicted molar refractivity (Wildman–Crippen MR) is 82.7 cm³/mol. The maximum Gasteiger partial charge on any atom is 0.197 e. The molecule has 0 aromatic heterocycles. The fraction of sp³-hybridized carbons (Fsp3) is 0.385. The quantitative estimate of drug-likeness (QED) is 0.501. The molecular formula is C13H17Cl2N5. The van der Waals surface area contributed by atoms with Crippen molar-refractivity contribution in [1.82, 2.24) is 15.5 Å². The molecule has 1 heterocycles. The molecule has 5 nitrogen and oxygen atoms in total. The number of rotatable bonds is 2. The number of guanidine groups is 2. The van der Waals surface area contributed by atoms with Gasteiger partial charge in [-0.15, -0.1) is 0 Å². The molecule has 1 aromatic rings. The van der Waals surface area contributed by atoms with Crippen LogP contribution < -0.4 is 10.6 Å². The van der Waals surface area contributed by atoms with Gasteiger partial charge in [0.05, 0.1) is 10.0 Å². The molecule has 2 rings (SSSR count). The van der Waals surface area contributed by atoms with Gasteiger partial charge in [-0.3, -0.25) is 16.1 Å². The van der Waals surface area contributed by atoms with Crippen molar-refractivity contribution in [3.63, 3.8) is 0 Å². The molecule has 7 heteroatoms. The van der Waals surface area contributed by atoms with Gasteiger partial charge in [-0.2, -0.15) is 0 Å². The van der Waals surface area contributed by atoms with Gasteiger partial charge in [0.1, 0.15) is 0 Å². The summed E-state index contributed by atoms with van der Waals surface area (Å²) in [5.41, 5.74) is 0.929. The van der Waals surface area contributed by atoms with Crippen molar-refractivity contribution in [2.24, 2.45) is 0 Å². The second-order valence-corrected chi connectivity index (χ2v) is 5.46. The molecule has 0 unspecified atom stereocenters. The second-order valence-electron chi connectivity index (χ2n) is 4.64. The highest BCUT2D eigenvalue weighted by atomic mass is 35.5. The van der Waals surface area contributed by atoms with Crippen molar-refractivity contribution < 1.29 is 0 Å². The molecule has 1 aliphatic rings. The summed E-state index contributed by atoms with van der Waals surface area (Å²) in [5.74, 6) is 0.377. The summed E-state index contributed by atoms with van der Waals surface area (Å²) >= 11 is 11.8. The molecule has 0 atom stereocenters. The highest BCUT2D eigenvalue weighted by Gasteiger charge is 2.15. The number of halogens is 2. The zero-order chi connectivity index (χ0) is 14.5. The van der Waals surface area contributed by atoms with E-state index < -0.39 is 0 Å². The van der Waals surface area contributed by atoms with E-state index in [4.69, 9.17) is 34.0 Å². The largest absolute Gasteiger partial charge is 0.352 e. The monoisotopic (exact) mass is 313 g/mol. The topological polar surface area (TPSA) is 75.0 Å². The van der Waals surface area contributed by atoms with Crippen molar-refractivity contribution in [3.8, 4) is 0 Å². The molecular weight excluding hydrogens is 297 g/mol. The van der Waals surface area contributed by atoms with Crippen LogP contribution in [0.25, 0.3) is 0 Å². The Labute approximate surface area is 128 Å². The molecule has 0 radical (unpaired) electrons. The molecule has 20 heavy (non-hydrogen) atoms. The third-order valence-electron chi connectivity index (χ3n) is 3.12. The Morgan fingerprint density at radius 1 is 1.15 bits per heavy atom. The zero-order valence-electron chi connectivity index (χ0n) is 11.0. The molecule has 1 aromatic carbocycles. The van der Waals surface area contributed by atoms with Crippen molar-refractivity contribution in [1.29, 1.82) is 10.8 Å². The van der Waals surface area contributed by atoms with Gasteiger partial charge in [0, 0.05) is 19.6 Å². The molecule has 0 spiro atoms.